The number of aryl methyl sites for hydroxylation is 1. The number of rotatable bonds is 4. The van der Waals surface area contributed by atoms with Crippen LogP contribution in [0.5, 0.6) is 0 Å². The summed E-state index contributed by atoms with van der Waals surface area (Å²) in [6.07, 6.45) is 4.40. The smallest absolute Gasteiger partial charge is 0.259 e. The molecule has 2 aromatic rings. The summed E-state index contributed by atoms with van der Waals surface area (Å²) in [7, 11) is -3.87. The first-order valence-corrected chi connectivity index (χ1v) is 11.5. The lowest BCUT2D eigenvalue weighted by Crippen LogP contribution is -2.29. The van der Waals surface area contributed by atoms with Crippen LogP contribution in [-0.4, -0.2) is 32.4 Å². The first kappa shape index (κ1) is 21.5. The molecule has 1 fully saturated rings. The van der Waals surface area contributed by atoms with E-state index < -0.39 is 10.0 Å². The van der Waals surface area contributed by atoms with Crippen LogP contribution in [0.4, 0.5) is 11.5 Å². The average Bonchev–Trinajstić information content (AvgIpc) is 2.94. The minimum atomic E-state index is -3.87. The highest BCUT2D eigenvalue weighted by Crippen LogP contribution is 2.31. The summed E-state index contributed by atoms with van der Waals surface area (Å²) in [6.45, 7) is 5.28. The zero-order valence-corrected chi connectivity index (χ0v) is 18.1. The fourth-order valence-corrected chi connectivity index (χ4v) is 4.24. The van der Waals surface area contributed by atoms with Crippen molar-refractivity contribution in [2.75, 3.05) is 23.3 Å². The van der Waals surface area contributed by atoms with Crippen molar-refractivity contribution < 1.29 is 13.2 Å². The minimum absolute atomic E-state index is 0.0696. The number of hydrogen-bond acceptors (Lipinski definition) is 5. The molecule has 9 heteroatoms. The number of nitrogens with zero attached hydrogens (tertiary/aromatic N) is 2. The summed E-state index contributed by atoms with van der Waals surface area (Å²) >= 11 is 6.40. The highest BCUT2D eigenvalue weighted by molar-refractivity contribution is 7.89. The number of amides is 1. The molecule has 7 nitrogen and oxygen atoms in total. The van der Waals surface area contributed by atoms with E-state index in [2.05, 4.69) is 15.2 Å². The zero-order chi connectivity index (χ0) is 21.2. The summed E-state index contributed by atoms with van der Waals surface area (Å²) < 4.78 is 23.2. The van der Waals surface area contributed by atoms with Crippen LogP contribution in [-0.2, 0) is 10.0 Å². The van der Waals surface area contributed by atoms with E-state index in [0.29, 0.717) is 33.3 Å². The first-order chi connectivity index (χ1) is 13.7. The topological polar surface area (TPSA) is 105 Å². The van der Waals surface area contributed by atoms with Crippen LogP contribution in [0.1, 0.15) is 47.3 Å². The molecular weight excluding hydrogens is 412 g/mol. The van der Waals surface area contributed by atoms with Gasteiger partial charge < -0.3 is 10.2 Å². The molecule has 1 aliphatic heterocycles. The van der Waals surface area contributed by atoms with Crippen molar-refractivity contribution in [3.05, 3.63) is 46.1 Å². The normalized spacial score (nSPS) is 15.1. The number of benzene rings is 1. The van der Waals surface area contributed by atoms with E-state index in [0.717, 1.165) is 38.8 Å². The van der Waals surface area contributed by atoms with E-state index in [1.165, 1.54) is 18.2 Å². The maximum Gasteiger partial charge on any atom is 0.259 e. The molecule has 1 aromatic heterocycles. The predicted molar refractivity (Wildman–Crippen MR) is 115 cm³/mol. The van der Waals surface area contributed by atoms with Crippen molar-refractivity contribution in [2.24, 2.45) is 5.14 Å². The number of nitrogens with one attached hydrogen (secondary N) is 1. The molecular formula is C20H25ClN4O3S. The molecule has 0 unspecified atom stereocenters. The van der Waals surface area contributed by atoms with Gasteiger partial charge in [-0.1, -0.05) is 30.5 Å². The second kappa shape index (κ2) is 8.69. The molecule has 29 heavy (non-hydrogen) atoms. The second-order valence-corrected chi connectivity index (χ2v) is 9.20. The van der Waals surface area contributed by atoms with Gasteiger partial charge in [-0.3, -0.25) is 4.79 Å². The van der Waals surface area contributed by atoms with Crippen LogP contribution in [0.15, 0.2) is 29.2 Å². The van der Waals surface area contributed by atoms with Gasteiger partial charge in [-0.25, -0.2) is 18.5 Å². The van der Waals surface area contributed by atoms with Crippen LogP contribution in [0.2, 0.25) is 5.02 Å². The highest BCUT2D eigenvalue weighted by atomic mass is 35.5. The molecule has 0 radical (unpaired) electrons. The molecule has 0 bridgehead atoms. The van der Waals surface area contributed by atoms with E-state index in [1.807, 2.05) is 6.92 Å². The van der Waals surface area contributed by atoms with Crippen molar-refractivity contribution in [3.8, 4) is 0 Å². The summed E-state index contributed by atoms with van der Waals surface area (Å²) in [5, 5.41) is 8.41. The molecule has 3 N–H and O–H groups in total. The monoisotopic (exact) mass is 436 g/mol. The Bertz CT molecular complexity index is 1030. The second-order valence-electron chi connectivity index (χ2n) is 7.26. The third kappa shape index (κ3) is 4.88. The van der Waals surface area contributed by atoms with Gasteiger partial charge in [-0.05, 0) is 50.5 Å². The summed E-state index contributed by atoms with van der Waals surface area (Å²) in [4.78, 5) is 19.9. The molecule has 0 spiro atoms. The standard InChI is InChI=1S/C20H25ClN4O3S/c1-13-17(20(26)24-15-8-7-9-16(12-15)29(22,27)28)19(23-14(2)18(13)21)25-10-5-3-4-6-11-25/h7-9,12H,3-6,10-11H2,1-2H3,(H,24,26)(H2,22,27,28). The predicted octanol–water partition coefficient (Wildman–Crippen LogP) is 3.63. The molecule has 1 amide bonds. The lowest BCUT2D eigenvalue weighted by Gasteiger charge is -2.26. The molecule has 156 valence electrons. The minimum Gasteiger partial charge on any atom is -0.356 e. The van der Waals surface area contributed by atoms with E-state index >= 15 is 0 Å². The maximum absolute atomic E-state index is 13.2. The Labute approximate surface area is 176 Å². The van der Waals surface area contributed by atoms with Crippen molar-refractivity contribution in [1.82, 2.24) is 4.98 Å². The van der Waals surface area contributed by atoms with E-state index in [9.17, 15) is 13.2 Å². The quantitative estimate of drug-likeness (QED) is 0.761. The third-order valence-electron chi connectivity index (χ3n) is 5.07. The van der Waals surface area contributed by atoms with E-state index in [-0.39, 0.29) is 10.8 Å². The lowest BCUT2D eigenvalue weighted by atomic mass is 10.1. The van der Waals surface area contributed by atoms with E-state index in [1.54, 1.807) is 13.0 Å². The highest BCUT2D eigenvalue weighted by Gasteiger charge is 2.25. The Balaban J connectivity index is 2.00. The number of hydrogen-bond donors (Lipinski definition) is 2. The van der Waals surface area contributed by atoms with Gasteiger partial charge in [-0.2, -0.15) is 0 Å². The summed E-state index contributed by atoms with van der Waals surface area (Å²) in [5.41, 5.74) is 2.07. The Morgan fingerprint density at radius 1 is 1.17 bits per heavy atom. The van der Waals surface area contributed by atoms with Crippen LogP contribution < -0.4 is 15.4 Å². The van der Waals surface area contributed by atoms with Crippen molar-refractivity contribution in [2.45, 2.75) is 44.4 Å². The van der Waals surface area contributed by atoms with Crippen LogP contribution >= 0.6 is 11.6 Å². The van der Waals surface area contributed by atoms with Gasteiger partial charge in [-0.15, -0.1) is 0 Å². The number of carbonyl (C=O) groups is 1. The summed E-state index contributed by atoms with van der Waals surface area (Å²) in [6, 6.07) is 5.84. The van der Waals surface area contributed by atoms with Gasteiger partial charge in [0.15, 0.2) is 0 Å². The zero-order valence-electron chi connectivity index (χ0n) is 16.5. The number of carbonyl (C=O) groups excluding carboxylic acids is 1. The molecule has 0 atom stereocenters. The van der Waals surface area contributed by atoms with Crippen LogP contribution in [0, 0.1) is 13.8 Å². The number of nitrogens with two attached hydrogens (primary N) is 1. The number of pyridine rings is 1. The van der Waals surface area contributed by atoms with E-state index in [4.69, 9.17) is 16.7 Å². The number of halogens is 1. The molecule has 1 aliphatic rings. The van der Waals surface area contributed by atoms with Crippen LogP contribution in [0.25, 0.3) is 0 Å². The van der Waals surface area contributed by atoms with Gasteiger partial charge >= 0.3 is 0 Å². The molecule has 0 aliphatic carbocycles. The Morgan fingerprint density at radius 3 is 2.45 bits per heavy atom. The molecule has 1 aromatic carbocycles. The fraction of sp³-hybridized carbons (Fsp3) is 0.400. The maximum atomic E-state index is 13.2. The van der Waals surface area contributed by atoms with Crippen molar-refractivity contribution in [3.63, 3.8) is 0 Å². The van der Waals surface area contributed by atoms with Crippen LogP contribution in [0.3, 0.4) is 0 Å². The molecule has 2 heterocycles. The Kier molecular flexibility index (Phi) is 6.45. The fourth-order valence-electron chi connectivity index (χ4n) is 3.54. The Hall–Kier alpha value is -2.16. The van der Waals surface area contributed by atoms with Crippen molar-refractivity contribution >= 4 is 39.0 Å². The van der Waals surface area contributed by atoms with Gasteiger partial charge in [0.2, 0.25) is 10.0 Å². The summed E-state index contributed by atoms with van der Waals surface area (Å²) in [5.74, 6) is 0.231. The molecule has 1 saturated heterocycles. The van der Waals surface area contributed by atoms with Gasteiger partial charge in [0, 0.05) is 18.8 Å². The van der Waals surface area contributed by atoms with Gasteiger partial charge in [0.1, 0.15) is 5.82 Å². The number of anilines is 2. The average molecular weight is 437 g/mol. The largest absolute Gasteiger partial charge is 0.356 e. The molecule has 0 saturated carbocycles. The number of aromatic nitrogens is 1. The number of sulfonamides is 1. The van der Waals surface area contributed by atoms with Gasteiger partial charge in [0.05, 0.1) is 21.2 Å². The van der Waals surface area contributed by atoms with Crippen molar-refractivity contribution in [1.29, 1.82) is 0 Å². The SMILES string of the molecule is Cc1nc(N2CCCCCC2)c(C(=O)Nc2cccc(S(N)(=O)=O)c2)c(C)c1Cl. The lowest BCUT2D eigenvalue weighted by molar-refractivity contribution is 0.102. The first-order valence-electron chi connectivity index (χ1n) is 9.54. The third-order valence-corrected chi connectivity index (χ3v) is 6.54. The van der Waals surface area contributed by atoms with Gasteiger partial charge in [0.25, 0.3) is 5.91 Å². The number of primary sulfonamides is 1. The molecule has 3 rings (SSSR count). The Morgan fingerprint density at radius 2 is 1.83 bits per heavy atom.